The third-order valence-corrected chi connectivity index (χ3v) is 6.78. The number of hydrogen-bond donors (Lipinski definition) is 0. The van der Waals surface area contributed by atoms with Crippen molar-refractivity contribution in [2.24, 2.45) is 0 Å². The van der Waals surface area contributed by atoms with Gasteiger partial charge < -0.3 is 0 Å². The van der Waals surface area contributed by atoms with E-state index >= 15 is 0 Å². The number of fused-ring (bicyclic) bond motifs is 4. The molecule has 108 valence electrons. The van der Waals surface area contributed by atoms with E-state index < -0.39 is 0 Å². The van der Waals surface area contributed by atoms with Crippen LogP contribution in [-0.2, 0) is 5.41 Å². The molecule has 0 atom stereocenters. The molecule has 0 bridgehead atoms. The van der Waals surface area contributed by atoms with E-state index in [0.717, 1.165) is 0 Å². The Morgan fingerprint density at radius 2 is 1.45 bits per heavy atom. The quantitative estimate of drug-likeness (QED) is 0.214. The molecular weight excluding hydrogens is 331 g/mol. The summed E-state index contributed by atoms with van der Waals surface area (Å²) in [6, 6.07) is 22.7. The molecule has 4 rings (SSSR count). The maximum absolute atomic E-state index is 2.40. The molecule has 22 heavy (non-hydrogen) atoms. The number of rotatable bonds is 0. The Bertz CT molecular complexity index is 1010. The first-order chi connectivity index (χ1) is 10.5. The van der Waals surface area contributed by atoms with E-state index in [0.29, 0.717) is 14.5 Å². The van der Waals surface area contributed by atoms with Crippen LogP contribution in [-0.4, -0.2) is 14.5 Å². The van der Waals surface area contributed by atoms with Gasteiger partial charge in [-0.05, 0) is 0 Å². The average Bonchev–Trinajstić information content (AvgIpc) is 2.51. The zero-order valence-electron chi connectivity index (χ0n) is 13.2. The summed E-state index contributed by atoms with van der Waals surface area (Å²) in [5.41, 5.74) is 1.62. The summed E-state index contributed by atoms with van der Waals surface area (Å²) in [4.78, 5) is 0. The van der Waals surface area contributed by atoms with Crippen molar-refractivity contribution in [3.8, 4) is 0 Å². The van der Waals surface area contributed by atoms with Crippen molar-refractivity contribution in [3.05, 3.63) is 66.2 Å². The molecule has 1 heterocycles. The summed E-state index contributed by atoms with van der Waals surface area (Å²) >= 11 is 0.403. The Morgan fingerprint density at radius 3 is 2.27 bits per heavy atom. The first kappa shape index (κ1) is 13.9. The second kappa shape index (κ2) is 4.91. The number of hydrogen-bond acceptors (Lipinski definition) is 0. The van der Waals surface area contributed by atoms with Crippen LogP contribution < -0.4 is 0 Å². The van der Waals surface area contributed by atoms with Crippen LogP contribution in [0.15, 0.2) is 60.7 Å². The maximum atomic E-state index is 2.40. The molecular formula is C21H19Se+. The normalized spacial score (nSPS) is 12.3. The molecule has 0 saturated carbocycles. The van der Waals surface area contributed by atoms with Gasteiger partial charge in [-0.1, -0.05) is 0 Å². The van der Waals surface area contributed by atoms with Crippen LogP contribution >= 0.6 is 0 Å². The molecule has 0 aliphatic heterocycles. The van der Waals surface area contributed by atoms with Crippen molar-refractivity contribution in [1.82, 2.24) is 0 Å². The average molecular weight is 350 g/mol. The van der Waals surface area contributed by atoms with Gasteiger partial charge in [0.1, 0.15) is 0 Å². The van der Waals surface area contributed by atoms with E-state index in [1.165, 1.54) is 35.6 Å². The summed E-state index contributed by atoms with van der Waals surface area (Å²) in [6.45, 7) is 6.85. The standard InChI is InChI=1S/C21H19Se/c1-21(2,3)16-9-11-19-15(12-16)13-18-17-7-5-4-6-14(17)8-10-20(18)22-19/h4-13H,1-3H3/q+1. The van der Waals surface area contributed by atoms with E-state index in [-0.39, 0.29) is 5.41 Å². The van der Waals surface area contributed by atoms with Gasteiger partial charge in [0.2, 0.25) is 0 Å². The first-order valence-corrected chi connectivity index (χ1v) is 9.42. The molecule has 0 aliphatic rings. The molecule has 1 aromatic heterocycles. The molecule has 0 aliphatic carbocycles. The van der Waals surface area contributed by atoms with E-state index in [4.69, 9.17) is 0 Å². The van der Waals surface area contributed by atoms with Gasteiger partial charge in [0.25, 0.3) is 0 Å². The van der Waals surface area contributed by atoms with E-state index in [2.05, 4.69) is 81.4 Å². The molecule has 3 aromatic carbocycles. The van der Waals surface area contributed by atoms with Crippen molar-refractivity contribution >= 4 is 44.6 Å². The van der Waals surface area contributed by atoms with Gasteiger partial charge in [-0.3, -0.25) is 0 Å². The predicted molar refractivity (Wildman–Crippen MR) is 99.0 cm³/mol. The number of benzene rings is 3. The molecule has 0 N–H and O–H groups in total. The molecule has 1 heteroatoms. The third-order valence-electron chi connectivity index (χ3n) is 4.33. The van der Waals surface area contributed by atoms with Crippen molar-refractivity contribution in [3.63, 3.8) is 0 Å². The van der Waals surface area contributed by atoms with Gasteiger partial charge in [-0.2, -0.15) is 0 Å². The molecule has 0 nitrogen and oxygen atoms in total. The van der Waals surface area contributed by atoms with Crippen molar-refractivity contribution in [2.75, 3.05) is 0 Å². The van der Waals surface area contributed by atoms with Gasteiger partial charge in [0.15, 0.2) is 0 Å². The van der Waals surface area contributed by atoms with Gasteiger partial charge in [0, 0.05) is 0 Å². The minimum atomic E-state index is 0.203. The third kappa shape index (κ3) is 2.26. The monoisotopic (exact) mass is 351 g/mol. The summed E-state index contributed by atoms with van der Waals surface area (Å²) in [5, 5.41) is 5.56. The van der Waals surface area contributed by atoms with Crippen LogP contribution in [0.3, 0.4) is 0 Å². The van der Waals surface area contributed by atoms with Crippen LogP contribution in [0.1, 0.15) is 26.3 Å². The Labute approximate surface area is 137 Å². The van der Waals surface area contributed by atoms with Crippen LogP contribution in [0.25, 0.3) is 30.1 Å². The van der Waals surface area contributed by atoms with Crippen molar-refractivity contribution in [1.29, 1.82) is 0 Å². The fourth-order valence-corrected chi connectivity index (χ4v) is 5.16. The van der Waals surface area contributed by atoms with Gasteiger partial charge in [-0.15, -0.1) is 0 Å². The predicted octanol–water partition coefficient (Wildman–Crippen LogP) is 5.78. The van der Waals surface area contributed by atoms with E-state index in [9.17, 15) is 0 Å². The van der Waals surface area contributed by atoms with Crippen LogP contribution in [0.2, 0.25) is 0 Å². The van der Waals surface area contributed by atoms with E-state index in [1.807, 2.05) is 0 Å². The summed E-state index contributed by atoms with van der Waals surface area (Å²) in [5.74, 6) is 0. The topological polar surface area (TPSA) is 0 Å². The zero-order chi connectivity index (χ0) is 15.3. The zero-order valence-corrected chi connectivity index (χ0v) is 14.9. The Morgan fingerprint density at radius 1 is 0.682 bits per heavy atom. The van der Waals surface area contributed by atoms with E-state index in [1.54, 1.807) is 0 Å². The molecule has 0 amide bonds. The fraction of sp³-hybridized carbons (Fsp3) is 0.190. The summed E-state index contributed by atoms with van der Waals surface area (Å²) in [6.07, 6.45) is 0. The van der Waals surface area contributed by atoms with Crippen LogP contribution in [0.5, 0.6) is 0 Å². The van der Waals surface area contributed by atoms with Crippen LogP contribution in [0, 0.1) is 0 Å². The van der Waals surface area contributed by atoms with Gasteiger partial charge in [-0.25, -0.2) is 0 Å². The Hall–Kier alpha value is -1.69. The minimum absolute atomic E-state index is 0.203. The van der Waals surface area contributed by atoms with Crippen molar-refractivity contribution in [2.45, 2.75) is 26.2 Å². The van der Waals surface area contributed by atoms with Gasteiger partial charge in [0.05, 0.1) is 0 Å². The first-order valence-electron chi connectivity index (χ1n) is 7.71. The molecule has 0 saturated heterocycles. The fourth-order valence-electron chi connectivity index (χ4n) is 3.01. The van der Waals surface area contributed by atoms with Crippen LogP contribution in [0.4, 0.5) is 0 Å². The molecule has 0 spiro atoms. The second-order valence-electron chi connectivity index (χ2n) is 6.95. The molecule has 0 radical (unpaired) electrons. The summed E-state index contributed by atoms with van der Waals surface area (Å²) < 4.78 is 3.01. The SMILES string of the molecule is CC(C)(C)c1ccc2[se+]c3ccc4ccccc4c3cc2c1. The summed E-state index contributed by atoms with van der Waals surface area (Å²) in [7, 11) is 0. The second-order valence-corrected chi connectivity index (χ2v) is 9.22. The molecule has 4 aromatic rings. The molecule has 0 fully saturated rings. The van der Waals surface area contributed by atoms with Gasteiger partial charge >= 0.3 is 137 Å². The Kier molecular flexibility index (Phi) is 3.11. The molecule has 0 unspecified atom stereocenters. The Balaban J connectivity index is 2.10. The van der Waals surface area contributed by atoms with Crippen molar-refractivity contribution < 1.29 is 0 Å².